The quantitative estimate of drug-likeness (QED) is 0.633. The first-order chi connectivity index (χ1) is 5.61. The number of amides is 1. The van der Waals surface area contributed by atoms with Gasteiger partial charge in [0.25, 0.3) is 0 Å². The fourth-order valence-corrected chi connectivity index (χ4v) is 0.993. The van der Waals surface area contributed by atoms with Crippen LogP contribution in [0.2, 0.25) is 0 Å². The number of hydrogen-bond donors (Lipinski definition) is 0. The summed E-state index contributed by atoms with van der Waals surface area (Å²) >= 11 is 0. The predicted molar refractivity (Wildman–Crippen MR) is 47.8 cm³/mol. The van der Waals surface area contributed by atoms with Gasteiger partial charge in [0, 0.05) is 33.0 Å². The highest BCUT2D eigenvalue weighted by molar-refractivity contribution is 5.77. The van der Waals surface area contributed by atoms with Crippen molar-refractivity contribution in [3.05, 3.63) is 24.0 Å². The molecule has 0 unspecified atom stereocenters. The van der Waals surface area contributed by atoms with Gasteiger partial charge in [0.2, 0.25) is 5.91 Å². The van der Waals surface area contributed by atoms with Crippen molar-refractivity contribution in [1.82, 2.24) is 9.47 Å². The van der Waals surface area contributed by atoms with Gasteiger partial charge < -0.3 is 9.47 Å². The number of nitrogens with zero attached hydrogens (tertiary/aromatic N) is 2. The number of likely N-dealkylation sites (N-methyl/N-ethyl adjacent to an activating group) is 1. The summed E-state index contributed by atoms with van der Waals surface area (Å²) in [6.45, 7) is 0. The maximum absolute atomic E-state index is 11.3. The van der Waals surface area contributed by atoms with Crippen molar-refractivity contribution in [3.63, 3.8) is 0 Å². The lowest BCUT2D eigenvalue weighted by Crippen LogP contribution is -2.24. The van der Waals surface area contributed by atoms with Gasteiger partial charge in [0.15, 0.2) is 0 Å². The third-order valence-corrected chi connectivity index (χ3v) is 1.88. The third-order valence-electron chi connectivity index (χ3n) is 1.88. The molecule has 1 rings (SSSR count). The molecule has 0 aromatic carbocycles. The molecule has 3 nitrogen and oxygen atoms in total. The summed E-state index contributed by atoms with van der Waals surface area (Å²) in [4.78, 5) is 12.9. The molecule has 0 bridgehead atoms. The minimum Gasteiger partial charge on any atom is -0.354 e. The molecule has 1 amide bonds. The highest BCUT2D eigenvalue weighted by atomic mass is 16.2. The summed E-state index contributed by atoms with van der Waals surface area (Å²) in [5.74, 6) is 0.136. The Morgan fingerprint density at radius 2 is 2.25 bits per heavy atom. The van der Waals surface area contributed by atoms with E-state index in [-0.39, 0.29) is 5.91 Å². The summed E-state index contributed by atoms with van der Waals surface area (Å²) in [7, 11) is 5.48. The maximum atomic E-state index is 11.3. The van der Waals surface area contributed by atoms with E-state index in [9.17, 15) is 4.79 Å². The standard InChI is InChI=1S/C9H14N2O/c1-10(2)9(12)7-8-5-4-6-11(8)3/h4-6H,7H2,1-3H3. The van der Waals surface area contributed by atoms with Crippen LogP contribution in [-0.2, 0) is 18.3 Å². The molecular weight excluding hydrogens is 152 g/mol. The number of carbonyl (C=O) groups is 1. The van der Waals surface area contributed by atoms with Crippen molar-refractivity contribution in [1.29, 1.82) is 0 Å². The largest absolute Gasteiger partial charge is 0.354 e. The highest BCUT2D eigenvalue weighted by Gasteiger charge is 2.06. The fourth-order valence-electron chi connectivity index (χ4n) is 0.993. The van der Waals surface area contributed by atoms with Gasteiger partial charge in [-0.2, -0.15) is 0 Å². The second kappa shape index (κ2) is 3.43. The molecule has 3 heteroatoms. The van der Waals surface area contributed by atoms with Gasteiger partial charge in [-0.05, 0) is 12.1 Å². The molecule has 0 aliphatic heterocycles. The monoisotopic (exact) mass is 166 g/mol. The average Bonchev–Trinajstić information content (AvgIpc) is 2.36. The van der Waals surface area contributed by atoms with E-state index >= 15 is 0 Å². The molecule has 0 aliphatic carbocycles. The van der Waals surface area contributed by atoms with Crippen molar-refractivity contribution >= 4 is 5.91 Å². The van der Waals surface area contributed by atoms with Crippen molar-refractivity contribution < 1.29 is 4.79 Å². The molecule has 0 N–H and O–H groups in total. The Hall–Kier alpha value is -1.25. The Bertz CT molecular complexity index is 276. The zero-order valence-electron chi connectivity index (χ0n) is 7.74. The Balaban J connectivity index is 2.64. The van der Waals surface area contributed by atoms with Gasteiger partial charge in [-0.25, -0.2) is 0 Å². The summed E-state index contributed by atoms with van der Waals surface area (Å²) in [6, 6.07) is 3.90. The fraction of sp³-hybridized carbons (Fsp3) is 0.444. The number of rotatable bonds is 2. The van der Waals surface area contributed by atoms with E-state index in [0.717, 1.165) is 5.69 Å². The van der Waals surface area contributed by atoms with E-state index in [1.54, 1.807) is 19.0 Å². The van der Waals surface area contributed by atoms with Crippen molar-refractivity contribution in [2.24, 2.45) is 7.05 Å². The van der Waals surface area contributed by atoms with Crippen LogP contribution in [0.15, 0.2) is 18.3 Å². The summed E-state index contributed by atoms with van der Waals surface area (Å²) in [5, 5.41) is 0. The predicted octanol–water partition coefficient (Wildman–Crippen LogP) is 0.656. The van der Waals surface area contributed by atoms with Crippen LogP contribution in [0, 0.1) is 0 Å². The van der Waals surface area contributed by atoms with E-state index in [0.29, 0.717) is 6.42 Å². The Morgan fingerprint density at radius 3 is 2.67 bits per heavy atom. The molecule has 0 atom stereocenters. The summed E-state index contributed by atoms with van der Waals surface area (Å²) in [5.41, 5.74) is 1.05. The van der Waals surface area contributed by atoms with Crippen LogP contribution in [0.1, 0.15) is 5.69 Å². The lowest BCUT2D eigenvalue weighted by atomic mass is 10.3. The first-order valence-electron chi connectivity index (χ1n) is 3.91. The number of carbonyl (C=O) groups excluding carboxylic acids is 1. The molecule has 1 aromatic heterocycles. The molecule has 0 aliphatic rings. The molecule has 12 heavy (non-hydrogen) atoms. The molecule has 0 radical (unpaired) electrons. The molecule has 1 heterocycles. The van der Waals surface area contributed by atoms with Crippen LogP contribution in [0.25, 0.3) is 0 Å². The van der Waals surface area contributed by atoms with Crippen molar-refractivity contribution in [2.75, 3.05) is 14.1 Å². The minimum absolute atomic E-state index is 0.136. The van der Waals surface area contributed by atoms with E-state index in [1.165, 1.54) is 0 Å². The Kier molecular flexibility index (Phi) is 2.53. The van der Waals surface area contributed by atoms with Crippen LogP contribution in [0.4, 0.5) is 0 Å². The zero-order chi connectivity index (χ0) is 9.14. The maximum Gasteiger partial charge on any atom is 0.227 e. The highest BCUT2D eigenvalue weighted by Crippen LogP contribution is 2.01. The normalized spacial score (nSPS) is 9.92. The first kappa shape index (κ1) is 8.84. The van der Waals surface area contributed by atoms with Crippen LogP contribution < -0.4 is 0 Å². The summed E-state index contributed by atoms with van der Waals surface area (Å²) < 4.78 is 1.96. The summed E-state index contributed by atoms with van der Waals surface area (Å²) in [6.07, 6.45) is 2.43. The second-order valence-corrected chi connectivity index (χ2v) is 3.08. The third kappa shape index (κ3) is 1.87. The van der Waals surface area contributed by atoms with E-state index in [2.05, 4.69) is 0 Å². The topological polar surface area (TPSA) is 25.2 Å². The van der Waals surface area contributed by atoms with E-state index < -0.39 is 0 Å². The van der Waals surface area contributed by atoms with Gasteiger partial charge >= 0.3 is 0 Å². The molecule has 0 saturated heterocycles. The van der Waals surface area contributed by atoms with Crippen LogP contribution in [0.5, 0.6) is 0 Å². The van der Waals surface area contributed by atoms with Gasteiger partial charge in [-0.15, -0.1) is 0 Å². The van der Waals surface area contributed by atoms with E-state index in [4.69, 9.17) is 0 Å². The van der Waals surface area contributed by atoms with Gasteiger partial charge in [-0.1, -0.05) is 0 Å². The molecule has 0 fully saturated rings. The Morgan fingerprint density at radius 1 is 1.58 bits per heavy atom. The van der Waals surface area contributed by atoms with Crippen LogP contribution in [0.3, 0.4) is 0 Å². The SMILES string of the molecule is CN(C)C(=O)Cc1cccn1C. The van der Waals surface area contributed by atoms with Gasteiger partial charge in [0.1, 0.15) is 0 Å². The molecule has 0 saturated carbocycles. The minimum atomic E-state index is 0.136. The molecule has 0 spiro atoms. The molecule has 66 valence electrons. The van der Waals surface area contributed by atoms with Crippen LogP contribution in [-0.4, -0.2) is 29.5 Å². The van der Waals surface area contributed by atoms with Crippen LogP contribution >= 0.6 is 0 Å². The lowest BCUT2D eigenvalue weighted by molar-refractivity contribution is -0.128. The Labute approximate surface area is 72.6 Å². The van der Waals surface area contributed by atoms with Crippen molar-refractivity contribution in [2.45, 2.75) is 6.42 Å². The molecule has 1 aromatic rings. The van der Waals surface area contributed by atoms with Crippen molar-refractivity contribution in [3.8, 4) is 0 Å². The number of aryl methyl sites for hydroxylation is 1. The van der Waals surface area contributed by atoms with E-state index in [1.807, 2.05) is 29.9 Å². The number of hydrogen-bond acceptors (Lipinski definition) is 1. The van der Waals surface area contributed by atoms with Gasteiger partial charge in [-0.3, -0.25) is 4.79 Å². The smallest absolute Gasteiger partial charge is 0.227 e. The lowest BCUT2D eigenvalue weighted by Gasteiger charge is -2.10. The van der Waals surface area contributed by atoms with Gasteiger partial charge in [0.05, 0.1) is 6.42 Å². The second-order valence-electron chi connectivity index (χ2n) is 3.08. The first-order valence-corrected chi connectivity index (χ1v) is 3.91. The average molecular weight is 166 g/mol. The number of aromatic nitrogens is 1. The zero-order valence-corrected chi connectivity index (χ0v) is 7.74. The molecular formula is C9H14N2O.